The van der Waals surface area contributed by atoms with E-state index >= 15 is 0 Å². The summed E-state index contributed by atoms with van der Waals surface area (Å²) in [5, 5.41) is 3.50. The highest BCUT2D eigenvalue weighted by Crippen LogP contribution is 2.20. The number of nitrogen functional groups attached to an aromatic ring is 1. The Bertz CT molecular complexity index is 440. The van der Waals surface area contributed by atoms with Gasteiger partial charge in [0.1, 0.15) is 18.2 Å². The van der Waals surface area contributed by atoms with Crippen molar-refractivity contribution in [3.63, 3.8) is 0 Å². The minimum atomic E-state index is 0.402. The van der Waals surface area contributed by atoms with Gasteiger partial charge in [-0.3, -0.25) is 0 Å². The van der Waals surface area contributed by atoms with E-state index in [9.17, 15) is 0 Å². The van der Waals surface area contributed by atoms with E-state index in [-0.39, 0.29) is 0 Å². The Morgan fingerprint density at radius 1 is 1.50 bits per heavy atom. The Labute approximate surface area is 120 Å². The van der Waals surface area contributed by atoms with Gasteiger partial charge in [-0.05, 0) is 32.9 Å². The summed E-state index contributed by atoms with van der Waals surface area (Å²) in [5.41, 5.74) is 5.84. The third kappa shape index (κ3) is 4.05. The number of ether oxygens (including phenoxy) is 1. The Morgan fingerprint density at radius 2 is 2.30 bits per heavy atom. The molecule has 6 nitrogen and oxygen atoms in total. The summed E-state index contributed by atoms with van der Waals surface area (Å²) in [6.07, 6.45) is 1.11. The lowest BCUT2D eigenvalue weighted by Crippen LogP contribution is -2.43. The lowest BCUT2D eigenvalue weighted by molar-refractivity contribution is 0.128. The molecule has 0 bridgehead atoms. The molecule has 0 saturated carbocycles. The highest BCUT2D eigenvalue weighted by atomic mass is 16.5. The number of piperidine rings is 1. The van der Waals surface area contributed by atoms with Gasteiger partial charge in [-0.2, -0.15) is 0 Å². The van der Waals surface area contributed by atoms with E-state index in [4.69, 9.17) is 10.5 Å². The maximum absolute atomic E-state index is 5.84. The normalized spacial score (nSPS) is 23.8. The highest BCUT2D eigenvalue weighted by molar-refractivity contribution is 5.45. The number of anilines is 2. The van der Waals surface area contributed by atoms with Gasteiger partial charge in [-0.1, -0.05) is 6.92 Å². The second-order valence-electron chi connectivity index (χ2n) is 5.51. The molecule has 1 aliphatic rings. The molecule has 2 rings (SSSR count). The predicted octanol–water partition coefficient (Wildman–Crippen LogP) is 1.35. The van der Waals surface area contributed by atoms with E-state index < -0.39 is 0 Å². The molecule has 6 heteroatoms. The minimum Gasteiger partial charge on any atom is -0.384 e. The fourth-order valence-corrected chi connectivity index (χ4v) is 2.61. The van der Waals surface area contributed by atoms with Crippen molar-refractivity contribution in [2.75, 3.05) is 37.8 Å². The fourth-order valence-electron chi connectivity index (χ4n) is 2.61. The molecule has 20 heavy (non-hydrogen) atoms. The van der Waals surface area contributed by atoms with Crippen LogP contribution in [0.25, 0.3) is 0 Å². The van der Waals surface area contributed by atoms with Crippen molar-refractivity contribution >= 4 is 11.6 Å². The van der Waals surface area contributed by atoms with Crippen LogP contribution < -0.4 is 11.1 Å². The smallest absolute Gasteiger partial charge is 0.158 e. The van der Waals surface area contributed by atoms with Crippen molar-refractivity contribution < 1.29 is 4.74 Å². The van der Waals surface area contributed by atoms with Crippen LogP contribution >= 0.6 is 0 Å². The monoisotopic (exact) mass is 279 g/mol. The van der Waals surface area contributed by atoms with Crippen molar-refractivity contribution in [2.24, 2.45) is 5.92 Å². The zero-order valence-electron chi connectivity index (χ0n) is 12.6. The molecule has 0 spiro atoms. The second kappa shape index (κ2) is 6.85. The molecule has 3 N–H and O–H groups in total. The SMILES string of the molecule is CCOCc1nc(N)cc(NC2CCN(C)CC2C)n1. The van der Waals surface area contributed by atoms with Crippen LogP contribution in [0.4, 0.5) is 11.6 Å². The van der Waals surface area contributed by atoms with Crippen molar-refractivity contribution in [3.05, 3.63) is 11.9 Å². The van der Waals surface area contributed by atoms with Crippen LogP contribution in [0.15, 0.2) is 6.07 Å². The van der Waals surface area contributed by atoms with Gasteiger partial charge in [0.25, 0.3) is 0 Å². The van der Waals surface area contributed by atoms with E-state index in [0.717, 1.165) is 25.3 Å². The molecule has 1 saturated heterocycles. The molecule has 2 unspecified atom stereocenters. The average Bonchev–Trinajstić information content (AvgIpc) is 2.39. The molecule has 112 valence electrons. The first-order chi connectivity index (χ1) is 9.58. The summed E-state index contributed by atoms with van der Waals surface area (Å²) >= 11 is 0. The minimum absolute atomic E-state index is 0.402. The standard InChI is InChI=1S/C14H25N5O/c1-4-20-9-14-17-12(15)7-13(18-14)16-11-5-6-19(3)8-10(11)2/h7,10-11H,4-6,8-9H2,1-3H3,(H3,15,16,17,18). The Morgan fingerprint density at radius 3 is 3.00 bits per heavy atom. The Hall–Kier alpha value is -1.40. The summed E-state index contributed by atoms with van der Waals surface area (Å²) < 4.78 is 5.34. The highest BCUT2D eigenvalue weighted by Gasteiger charge is 2.24. The number of nitrogens with zero attached hydrogens (tertiary/aromatic N) is 3. The average molecular weight is 279 g/mol. The zero-order valence-corrected chi connectivity index (χ0v) is 12.6. The maximum Gasteiger partial charge on any atom is 0.158 e. The van der Waals surface area contributed by atoms with E-state index in [1.807, 2.05) is 6.92 Å². The Kier molecular flexibility index (Phi) is 5.14. The van der Waals surface area contributed by atoms with Gasteiger partial charge in [0.05, 0.1) is 0 Å². The molecule has 0 amide bonds. The number of nitrogens with one attached hydrogen (secondary N) is 1. The molecular weight excluding hydrogens is 254 g/mol. The molecule has 0 aromatic carbocycles. The summed E-state index contributed by atoms with van der Waals surface area (Å²) in [7, 11) is 2.16. The molecule has 1 aromatic rings. The number of aromatic nitrogens is 2. The number of hydrogen-bond acceptors (Lipinski definition) is 6. The van der Waals surface area contributed by atoms with E-state index in [2.05, 4.69) is 34.2 Å². The maximum atomic E-state index is 5.84. The third-order valence-corrected chi connectivity index (χ3v) is 3.67. The molecule has 2 atom stereocenters. The first kappa shape index (κ1) is 15.0. The van der Waals surface area contributed by atoms with Crippen LogP contribution in [0.1, 0.15) is 26.1 Å². The van der Waals surface area contributed by atoms with Crippen LogP contribution in [-0.2, 0) is 11.3 Å². The molecular formula is C14H25N5O. The van der Waals surface area contributed by atoms with Crippen LogP contribution in [0.2, 0.25) is 0 Å². The fraction of sp³-hybridized carbons (Fsp3) is 0.714. The largest absolute Gasteiger partial charge is 0.384 e. The van der Waals surface area contributed by atoms with Crippen molar-refractivity contribution in [3.8, 4) is 0 Å². The molecule has 1 fully saturated rings. The quantitative estimate of drug-likeness (QED) is 0.847. The van der Waals surface area contributed by atoms with Gasteiger partial charge in [0, 0.05) is 25.3 Å². The van der Waals surface area contributed by atoms with Crippen molar-refractivity contribution in [1.29, 1.82) is 0 Å². The van der Waals surface area contributed by atoms with E-state index in [1.165, 1.54) is 0 Å². The summed E-state index contributed by atoms with van der Waals surface area (Å²) in [4.78, 5) is 11.0. The molecule has 1 aliphatic heterocycles. The van der Waals surface area contributed by atoms with Gasteiger partial charge in [0.15, 0.2) is 5.82 Å². The van der Waals surface area contributed by atoms with Gasteiger partial charge in [0.2, 0.25) is 0 Å². The first-order valence-electron chi connectivity index (χ1n) is 7.24. The number of rotatable bonds is 5. The molecule has 1 aromatic heterocycles. The molecule has 0 aliphatic carbocycles. The van der Waals surface area contributed by atoms with Crippen molar-refractivity contribution in [2.45, 2.75) is 32.9 Å². The van der Waals surface area contributed by atoms with E-state index in [1.54, 1.807) is 6.07 Å². The lowest BCUT2D eigenvalue weighted by Gasteiger charge is -2.35. The second-order valence-corrected chi connectivity index (χ2v) is 5.51. The molecule has 0 radical (unpaired) electrons. The number of hydrogen-bond donors (Lipinski definition) is 2. The van der Waals surface area contributed by atoms with Crippen LogP contribution in [0, 0.1) is 5.92 Å². The summed E-state index contributed by atoms with van der Waals surface area (Å²) in [6, 6.07) is 2.22. The summed E-state index contributed by atoms with van der Waals surface area (Å²) in [5.74, 6) is 2.50. The number of likely N-dealkylation sites (tertiary alicyclic amines) is 1. The van der Waals surface area contributed by atoms with Crippen molar-refractivity contribution in [1.82, 2.24) is 14.9 Å². The van der Waals surface area contributed by atoms with Crippen LogP contribution in [0.3, 0.4) is 0 Å². The van der Waals surface area contributed by atoms with E-state index in [0.29, 0.717) is 36.8 Å². The van der Waals surface area contributed by atoms with Gasteiger partial charge in [-0.25, -0.2) is 9.97 Å². The topological polar surface area (TPSA) is 76.3 Å². The van der Waals surface area contributed by atoms with Crippen LogP contribution in [-0.4, -0.2) is 47.7 Å². The van der Waals surface area contributed by atoms with Crippen LogP contribution in [0.5, 0.6) is 0 Å². The van der Waals surface area contributed by atoms with Gasteiger partial charge < -0.3 is 20.7 Å². The van der Waals surface area contributed by atoms with Gasteiger partial charge in [-0.15, -0.1) is 0 Å². The first-order valence-corrected chi connectivity index (χ1v) is 7.24. The lowest BCUT2D eigenvalue weighted by atomic mass is 9.94. The summed E-state index contributed by atoms with van der Waals surface area (Å²) in [6.45, 7) is 7.47. The Balaban J connectivity index is 2.03. The predicted molar refractivity (Wildman–Crippen MR) is 80.5 cm³/mol. The zero-order chi connectivity index (χ0) is 14.5. The molecule has 2 heterocycles. The van der Waals surface area contributed by atoms with Gasteiger partial charge >= 0.3 is 0 Å². The third-order valence-electron chi connectivity index (χ3n) is 3.67. The number of nitrogens with two attached hydrogens (primary N) is 1.